The van der Waals surface area contributed by atoms with Crippen LogP contribution in [0.15, 0.2) is 29.6 Å². The molecule has 0 unspecified atom stereocenters. The van der Waals surface area contributed by atoms with Crippen LogP contribution in [-0.4, -0.2) is 16.5 Å². The number of rotatable bonds is 1. The highest BCUT2D eigenvalue weighted by Gasteiger charge is 2.37. The number of hydrogen-bond donors (Lipinski definition) is 0. The highest BCUT2D eigenvalue weighted by atomic mass is 32.1. The lowest BCUT2D eigenvalue weighted by Crippen LogP contribution is -2.19. The van der Waals surface area contributed by atoms with Crippen LogP contribution in [0.5, 0.6) is 0 Å². The molecule has 0 amide bonds. The number of nitro groups is 1. The normalized spacial score (nSPS) is 13.1. The fourth-order valence-corrected chi connectivity index (χ4v) is 2.97. The minimum atomic E-state index is -0.631. The molecule has 0 N–H and O–H groups in total. The van der Waals surface area contributed by atoms with Crippen molar-refractivity contribution in [3.05, 3.63) is 61.3 Å². The molecule has 3 rings (SSSR count). The van der Waals surface area contributed by atoms with Gasteiger partial charge < -0.3 is 0 Å². The van der Waals surface area contributed by atoms with Gasteiger partial charge in [0.15, 0.2) is 0 Å². The molecule has 18 heavy (non-hydrogen) atoms. The number of thiophene rings is 1. The minimum Gasteiger partial charge on any atom is -0.288 e. The second kappa shape index (κ2) is 3.58. The van der Waals surface area contributed by atoms with Crippen LogP contribution in [-0.2, 0) is 0 Å². The van der Waals surface area contributed by atoms with E-state index in [0.29, 0.717) is 5.56 Å². The van der Waals surface area contributed by atoms with Crippen LogP contribution in [0.2, 0.25) is 0 Å². The molecule has 0 saturated heterocycles. The SMILES string of the molecule is O=C1c2ccccc2C(=O)c2c([N+](=O)[O-])csc21. The molecular formula is C12H5NO4S. The Morgan fingerprint density at radius 1 is 1.06 bits per heavy atom. The van der Waals surface area contributed by atoms with E-state index in [1.54, 1.807) is 18.2 Å². The maximum absolute atomic E-state index is 12.2. The van der Waals surface area contributed by atoms with Gasteiger partial charge in [0.05, 0.1) is 15.2 Å². The molecule has 0 atom stereocenters. The third kappa shape index (κ3) is 1.26. The van der Waals surface area contributed by atoms with E-state index in [1.807, 2.05) is 0 Å². The molecule has 1 heterocycles. The number of nitrogens with zero attached hydrogens (tertiary/aromatic N) is 1. The van der Waals surface area contributed by atoms with E-state index in [0.717, 1.165) is 11.3 Å². The predicted molar refractivity (Wildman–Crippen MR) is 64.3 cm³/mol. The van der Waals surface area contributed by atoms with Gasteiger partial charge in [-0.3, -0.25) is 19.7 Å². The summed E-state index contributed by atoms with van der Waals surface area (Å²) >= 11 is 0.944. The van der Waals surface area contributed by atoms with E-state index >= 15 is 0 Å². The van der Waals surface area contributed by atoms with Crippen LogP contribution in [0, 0.1) is 10.1 Å². The first-order valence-electron chi connectivity index (χ1n) is 5.05. The summed E-state index contributed by atoms with van der Waals surface area (Å²) in [6.45, 7) is 0. The summed E-state index contributed by atoms with van der Waals surface area (Å²) in [6.07, 6.45) is 0. The molecule has 0 radical (unpaired) electrons. The number of ketones is 2. The van der Waals surface area contributed by atoms with E-state index in [2.05, 4.69) is 0 Å². The zero-order chi connectivity index (χ0) is 12.9. The van der Waals surface area contributed by atoms with Crippen molar-refractivity contribution in [3.8, 4) is 0 Å². The molecule has 0 bridgehead atoms. The second-order valence-corrected chi connectivity index (χ2v) is 4.67. The maximum Gasteiger partial charge on any atom is 0.291 e. The first kappa shape index (κ1) is 10.8. The monoisotopic (exact) mass is 259 g/mol. The predicted octanol–water partition coefficient (Wildman–Crippen LogP) is 2.43. The van der Waals surface area contributed by atoms with Gasteiger partial charge in [-0.25, -0.2) is 0 Å². The van der Waals surface area contributed by atoms with Crippen molar-refractivity contribution in [1.82, 2.24) is 0 Å². The number of benzene rings is 1. The summed E-state index contributed by atoms with van der Waals surface area (Å²) in [4.78, 5) is 34.7. The zero-order valence-electron chi connectivity index (χ0n) is 8.88. The Kier molecular flexibility index (Phi) is 2.14. The quantitative estimate of drug-likeness (QED) is 0.496. The molecule has 2 aromatic rings. The van der Waals surface area contributed by atoms with Crippen molar-refractivity contribution < 1.29 is 14.5 Å². The van der Waals surface area contributed by atoms with Gasteiger partial charge in [-0.15, -0.1) is 11.3 Å². The Bertz CT molecular complexity index is 717. The van der Waals surface area contributed by atoms with Crippen LogP contribution in [0.25, 0.3) is 0 Å². The maximum atomic E-state index is 12.2. The first-order valence-corrected chi connectivity index (χ1v) is 5.93. The molecular weight excluding hydrogens is 254 g/mol. The Labute approximate surface area is 105 Å². The van der Waals surface area contributed by atoms with Gasteiger partial charge in [-0.2, -0.15) is 0 Å². The largest absolute Gasteiger partial charge is 0.291 e. The van der Waals surface area contributed by atoms with Gasteiger partial charge in [0, 0.05) is 11.1 Å². The number of hydrogen-bond acceptors (Lipinski definition) is 5. The number of fused-ring (bicyclic) bond motifs is 2. The lowest BCUT2D eigenvalue weighted by molar-refractivity contribution is -0.384. The van der Waals surface area contributed by atoms with E-state index in [-0.39, 0.29) is 27.5 Å². The molecule has 5 nitrogen and oxygen atoms in total. The van der Waals surface area contributed by atoms with Crippen molar-refractivity contribution in [1.29, 1.82) is 0 Å². The van der Waals surface area contributed by atoms with Gasteiger partial charge in [-0.1, -0.05) is 24.3 Å². The second-order valence-electron chi connectivity index (χ2n) is 3.79. The Hall–Kier alpha value is -2.34. The standard InChI is InChI=1S/C12H5NO4S/c14-10-6-3-1-2-4-7(6)11(15)12-9(10)8(5-18-12)13(16)17/h1-5H. The zero-order valence-corrected chi connectivity index (χ0v) is 9.69. The van der Waals surface area contributed by atoms with Gasteiger partial charge in [0.2, 0.25) is 11.6 Å². The smallest absolute Gasteiger partial charge is 0.288 e. The third-order valence-corrected chi connectivity index (χ3v) is 3.78. The summed E-state index contributed by atoms with van der Waals surface area (Å²) in [6, 6.07) is 6.37. The molecule has 0 fully saturated rings. The Morgan fingerprint density at radius 3 is 2.28 bits per heavy atom. The van der Waals surface area contributed by atoms with Crippen LogP contribution in [0.4, 0.5) is 5.69 Å². The molecule has 1 aromatic heterocycles. The Balaban J connectivity index is 2.33. The molecule has 1 aliphatic rings. The van der Waals surface area contributed by atoms with Crippen molar-refractivity contribution in [2.45, 2.75) is 0 Å². The van der Waals surface area contributed by atoms with E-state index in [9.17, 15) is 19.7 Å². The third-order valence-electron chi connectivity index (χ3n) is 2.82. The van der Waals surface area contributed by atoms with E-state index in [4.69, 9.17) is 0 Å². The van der Waals surface area contributed by atoms with Crippen LogP contribution >= 0.6 is 11.3 Å². The first-order chi connectivity index (χ1) is 8.61. The van der Waals surface area contributed by atoms with Gasteiger partial charge in [0.25, 0.3) is 5.69 Å². The molecule has 0 saturated carbocycles. The lowest BCUT2D eigenvalue weighted by Gasteiger charge is -2.12. The number of carbonyl (C=O) groups is 2. The van der Waals surface area contributed by atoms with Crippen molar-refractivity contribution in [2.75, 3.05) is 0 Å². The van der Waals surface area contributed by atoms with E-state index < -0.39 is 10.7 Å². The highest BCUT2D eigenvalue weighted by Crippen LogP contribution is 2.37. The topological polar surface area (TPSA) is 77.3 Å². The molecule has 0 aliphatic heterocycles. The summed E-state index contributed by atoms with van der Waals surface area (Å²) in [7, 11) is 0. The van der Waals surface area contributed by atoms with Gasteiger partial charge in [0.1, 0.15) is 5.56 Å². The highest BCUT2D eigenvalue weighted by molar-refractivity contribution is 7.13. The van der Waals surface area contributed by atoms with Gasteiger partial charge >= 0.3 is 0 Å². The number of carbonyl (C=O) groups excluding carboxylic acids is 2. The van der Waals surface area contributed by atoms with Gasteiger partial charge in [-0.05, 0) is 0 Å². The fraction of sp³-hybridized carbons (Fsp3) is 0. The minimum absolute atomic E-state index is 0.0753. The average Bonchev–Trinajstić information content (AvgIpc) is 2.81. The summed E-state index contributed by atoms with van der Waals surface area (Å²) in [5.41, 5.74) is 0.180. The molecule has 1 aromatic carbocycles. The lowest BCUT2D eigenvalue weighted by atomic mass is 9.88. The van der Waals surface area contributed by atoms with Crippen molar-refractivity contribution >= 4 is 28.6 Å². The Morgan fingerprint density at radius 2 is 1.67 bits per heavy atom. The summed E-state index contributed by atoms with van der Waals surface area (Å²) in [5.74, 6) is -0.772. The summed E-state index contributed by atoms with van der Waals surface area (Å²) in [5, 5.41) is 12.1. The van der Waals surface area contributed by atoms with Crippen LogP contribution < -0.4 is 0 Å². The van der Waals surface area contributed by atoms with Crippen molar-refractivity contribution in [2.24, 2.45) is 0 Å². The fourth-order valence-electron chi connectivity index (χ4n) is 2.01. The average molecular weight is 259 g/mol. The van der Waals surface area contributed by atoms with Crippen LogP contribution in [0.1, 0.15) is 31.2 Å². The molecule has 0 spiro atoms. The molecule has 88 valence electrons. The van der Waals surface area contributed by atoms with E-state index in [1.165, 1.54) is 11.4 Å². The van der Waals surface area contributed by atoms with Crippen molar-refractivity contribution in [3.63, 3.8) is 0 Å². The molecule has 1 aliphatic carbocycles. The summed E-state index contributed by atoms with van der Waals surface area (Å²) < 4.78 is 0. The molecule has 6 heteroatoms. The van der Waals surface area contributed by atoms with Crippen LogP contribution in [0.3, 0.4) is 0 Å².